The van der Waals surface area contributed by atoms with Crippen LogP contribution < -0.4 is 10.9 Å². The van der Waals surface area contributed by atoms with Crippen LogP contribution in [0.15, 0.2) is 41.3 Å². The van der Waals surface area contributed by atoms with Crippen LogP contribution in [0.1, 0.15) is 11.1 Å². The largest absolute Gasteiger partial charge is 0.416 e. The molecule has 0 saturated heterocycles. The first-order chi connectivity index (χ1) is 11.5. The minimum Gasteiger partial charge on any atom is -0.324 e. The zero-order chi connectivity index (χ0) is 18.8. The fraction of sp³-hybridized carbons (Fsp3) is 0.214. The van der Waals surface area contributed by atoms with Gasteiger partial charge in [0.1, 0.15) is 6.54 Å². The number of carbonyl (C=O) groups excluding carboxylic acids is 1. The molecule has 1 N–H and O–H groups in total. The number of anilines is 1. The number of halogens is 6. The van der Waals surface area contributed by atoms with Crippen LogP contribution in [0.3, 0.4) is 0 Å². The van der Waals surface area contributed by atoms with Gasteiger partial charge in [-0.1, -0.05) is 0 Å². The second-order valence-corrected chi connectivity index (χ2v) is 4.86. The van der Waals surface area contributed by atoms with Crippen LogP contribution in [-0.2, 0) is 23.7 Å². The molecule has 2 rings (SSSR count). The van der Waals surface area contributed by atoms with Crippen LogP contribution in [0.5, 0.6) is 0 Å². The summed E-state index contributed by atoms with van der Waals surface area (Å²) in [6, 6.07) is 3.08. The first-order valence-electron chi connectivity index (χ1n) is 6.58. The van der Waals surface area contributed by atoms with E-state index >= 15 is 0 Å². The molecular formula is C14H9F6N3O2. The number of hydrogen-bond donors (Lipinski definition) is 1. The van der Waals surface area contributed by atoms with E-state index in [0.29, 0.717) is 16.8 Å². The lowest BCUT2D eigenvalue weighted by Gasteiger charge is -2.14. The Morgan fingerprint density at radius 1 is 1.04 bits per heavy atom. The molecule has 134 valence electrons. The number of carbonyl (C=O) groups is 1. The number of alkyl halides is 6. The van der Waals surface area contributed by atoms with Crippen LogP contribution in [0.4, 0.5) is 32.0 Å². The molecule has 25 heavy (non-hydrogen) atoms. The highest BCUT2D eigenvalue weighted by Gasteiger charge is 2.37. The predicted octanol–water partition coefficient (Wildman–Crippen LogP) is 2.92. The highest BCUT2D eigenvalue weighted by atomic mass is 19.4. The summed E-state index contributed by atoms with van der Waals surface area (Å²) in [5.74, 6) is -1.01. The highest BCUT2D eigenvalue weighted by Crippen LogP contribution is 2.37. The Labute approximate surface area is 135 Å². The number of hydrogen-bond acceptors (Lipinski definition) is 3. The summed E-state index contributed by atoms with van der Waals surface area (Å²) in [4.78, 5) is 23.2. The quantitative estimate of drug-likeness (QED) is 0.851. The van der Waals surface area contributed by atoms with Gasteiger partial charge in [-0.25, -0.2) is 4.68 Å². The number of nitrogens with zero attached hydrogens (tertiary/aromatic N) is 2. The van der Waals surface area contributed by atoms with Crippen LogP contribution in [-0.4, -0.2) is 15.7 Å². The fourth-order valence-electron chi connectivity index (χ4n) is 1.87. The second-order valence-electron chi connectivity index (χ2n) is 4.86. The number of benzene rings is 1. The Bertz CT molecular complexity index is 809. The average Bonchev–Trinajstić information content (AvgIpc) is 2.47. The monoisotopic (exact) mass is 365 g/mol. The summed E-state index contributed by atoms with van der Waals surface area (Å²) >= 11 is 0. The zero-order valence-corrected chi connectivity index (χ0v) is 12.1. The maximum atomic E-state index is 12.7. The van der Waals surface area contributed by atoms with E-state index in [1.54, 1.807) is 0 Å². The standard InChI is InChI=1S/C14H9F6N3O2/c15-13(16,17)8-4-9(14(18,19)20)6-10(5-8)22-11(24)7-23-12(25)2-1-3-21-23/h1-6H,7H2,(H,22,24). The van der Waals surface area contributed by atoms with Crippen molar-refractivity contribution in [2.24, 2.45) is 0 Å². The van der Waals surface area contributed by atoms with Gasteiger partial charge in [0.2, 0.25) is 5.91 Å². The Hall–Kier alpha value is -2.85. The normalized spacial score (nSPS) is 12.1. The number of aromatic nitrogens is 2. The molecule has 11 heteroatoms. The predicted molar refractivity (Wildman–Crippen MR) is 73.6 cm³/mol. The summed E-state index contributed by atoms with van der Waals surface area (Å²) in [7, 11) is 0. The first-order valence-corrected chi connectivity index (χ1v) is 6.58. The molecule has 0 aliphatic rings. The molecule has 1 heterocycles. The molecule has 1 aromatic carbocycles. The number of nitrogens with one attached hydrogen (secondary N) is 1. The van der Waals surface area contributed by atoms with Crippen molar-refractivity contribution >= 4 is 11.6 Å². The summed E-state index contributed by atoms with van der Waals surface area (Å²) in [6.45, 7) is -0.669. The zero-order valence-electron chi connectivity index (χ0n) is 12.1. The lowest BCUT2D eigenvalue weighted by molar-refractivity contribution is -0.143. The van der Waals surface area contributed by atoms with Crippen LogP contribution >= 0.6 is 0 Å². The van der Waals surface area contributed by atoms with Crippen LogP contribution in [0, 0.1) is 0 Å². The van der Waals surface area contributed by atoms with Crippen molar-refractivity contribution in [1.82, 2.24) is 9.78 Å². The molecule has 0 fully saturated rings. The minimum atomic E-state index is -5.03. The van der Waals surface area contributed by atoms with Crippen molar-refractivity contribution in [2.45, 2.75) is 18.9 Å². The van der Waals surface area contributed by atoms with Crippen molar-refractivity contribution in [3.8, 4) is 0 Å². The number of rotatable bonds is 3. The SMILES string of the molecule is O=C(Cn1ncccc1=O)Nc1cc(C(F)(F)F)cc(C(F)(F)F)c1. The van der Waals surface area contributed by atoms with Gasteiger partial charge in [-0.3, -0.25) is 9.59 Å². The van der Waals surface area contributed by atoms with Crippen LogP contribution in [0.25, 0.3) is 0 Å². The van der Waals surface area contributed by atoms with Gasteiger partial charge in [0.05, 0.1) is 11.1 Å². The summed E-state index contributed by atoms with van der Waals surface area (Å²) in [5.41, 5.74) is -4.48. The molecule has 1 amide bonds. The molecule has 0 aliphatic carbocycles. The molecular weight excluding hydrogens is 356 g/mol. The van der Waals surface area contributed by atoms with Crippen molar-refractivity contribution in [1.29, 1.82) is 0 Å². The highest BCUT2D eigenvalue weighted by molar-refractivity contribution is 5.90. The lowest BCUT2D eigenvalue weighted by atomic mass is 10.1. The average molecular weight is 365 g/mol. The van der Waals surface area contributed by atoms with Crippen molar-refractivity contribution in [3.05, 3.63) is 58.0 Å². The molecule has 0 atom stereocenters. The Kier molecular flexibility index (Phi) is 4.86. The van der Waals surface area contributed by atoms with E-state index in [1.165, 1.54) is 12.3 Å². The van der Waals surface area contributed by atoms with E-state index in [9.17, 15) is 35.9 Å². The van der Waals surface area contributed by atoms with Gasteiger partial charge in [0.15, 0.2) is 0 Å². The van der Waals surface area contributed by atoms with Gasteiger partial charge >= 0.3 is 12.4 Å². The van der Waals surface area contributed by atoms with Gasteiger partial charge in [-0.15, -0.1) is 0 Å². The van der Waals surface area contributed by atoms with Gasteiger partial charge in [-0.05, 0) is 24.3 Å². The molecule has 2 aromatic rings. The smallest absolute Gasteiger partial charge is 0.324 e. The maximum Gasteiger partial charge on any atom is 0.416 e. The maximum absolute atomic E-state index is 12.7. The summed E-state index contributed by atoms with van der Waals surface area (Å²) < 4.78 is 77.1. The lowest BCUT2D eigenvalue weighted by Crippen LogP contribution is -2.28. The molecule has 0 spiro atoms. The van der Waals surface area contributed by atoms with Gasteiger partial charge in [0.25, 0.3) is 5.56 Å². The molecule has 5 nitrogen and oxygen atoms in total. The van der Waals surface area contributed by atoms with Gasteiger partial charge in [0, 0.05) is 18.0 Å². The fourth-order valence-corrected chi connectivity index (χ4v) is 1.87. The van der Waals surface area contributed by atoms with E-state index in [1.807, 2.05) is 5.32 Å². The summed E-state index contributed by atoms with van der Waals surface area (Å²) in [6.07, 6.45) is -8.86. The third-order valence-corrected chi connectivity index (χ3v) is 2.95. The Morgan fingerprint density at radius 2 is 1.60 bits per heavy atom. The molecule has 1 aromatic heterocycles. The minimum absolute atomic E-state index is 0.0566. The Morgan fingerprint density at radius 3 is 2.08 bits per heavy atom. The van der Waals surface area contributed by atoms with Crippen molar-refractivity contribution in [2.75, 3.05) is 5.32 Å². The molecule has 0 aliphatic heterocycles. The summed E-state index contributed by atoms with van der Waals surface area (Å²) in [5, 5.41) is 5.46. The van der Waals surface area contributed by atoms with E-state index in [0.717, 1.165) is 6.07 Å². The van der Waals surface area contributed by atoms with Gasteiger partial charge < -0.3 is 5.32 Å². The molecule has 0 radical (unpaired) electrons. The first kappa shape index (κ1) is 18.5. The van der Waals surface area contributed by atoms with E-state index in [4.69, 9.17) is 0 Å². The van der Waals surface area contributed by atoms with Crippen molar-refractivity contribution in [3.63, 3.8) is 0 Å². The molecule has 0 saturated carbocycles. The second kappa shape index (κ2) is 6.57. The van der Waals surface area contributed by atoms with Crippen molar-refractivity contribution < 1.29 is 31.1 Å². The number of amides is 1. The van der Waals surface area contributed by atoms with Gasteiger partial charge in [-0.2, -0.15) is 31.4 Å². The molecule has 0 unspecified atom stereocenters. The Balaban J connectivity index is 2.30. The van der Waals surface area contributed by atoms with E-state index in [2.05, 4.69) is 5.10 Å². The van der Waals surface area contributed by atoms with Crippen LogP contribution in [0.2, 0.25) is 0 Å². The van der Waals surface area contributed by atoms with E-state index < -0.39 is 47.2 Å². The third-order valence-electron chi connectivity index (χ3n) is 2.95. The topological polar surface area (TPSA) is 64.0 Å². The third kappa shape index (κ3) is 4.81. The van der Waals surface area contributed by atoms with E-state index in [-0.39, 0.29) is 6.07 Å². The molecule has 0 bridgehead atoms.